The molecule has 0 fully saturated rings. The van der Waals surface area contributed by atoms with Crippen molar-refractivity contribution in [1.29, 1.82) is 5.26 Å². The fourth-order valence-electron chi connectivity index (χ4n) is 4.96. The van der Waals surface area contributed by atoms with E-state index in [1.54, 1.807) is 43.0 Å². The summed E-state index contributed by atoms with van der Waals surface area (Å²) in [6.45, 7) is 2.84. The summed E-state index contributed by atoms with van der Waals surface area (Å²) in [6.07, 6.45) is 10.4. The molecule has 0 bridgehead atoms. The van der Waals surface area contributed by atoms with Crippen molar-refractivity contribution in [2.75, 3.05) is 0 Å². The van der Waals surface area contributed by atoms with Crippen molar-refractivity contribution in [1.82, 2.24) is 29.4 Å². The molecule has 0 aliphatic rings. The number of carbonyl (C=O) groups is 1. The lowest BCUT2D eigenvalue weighted by Gasteiger charge is -2.20. The highest BCUT2D eigenvalue weighted by molar-refractivity contribution is 5.96. The average Bonchev–Trinajstić information content (AvgIpc) is 3.78. The van der Waals surface area contributed by atoms with Gasteiger partial charge in [-0.2, -0.15) is 5.26 Å². The monoisotopic (exact) mass is 541 g/mol. The third-order valence-electron chi connectivity index (χ3n) is 6.92. The van der Waals surface area contributed by atoms with Crippen molar-refractivity contribution >= 4 is 16.9 Å². The van der Waals surface area contributed by atoms with Gasteiger partial charge in [0, 0.05) is 48.3 Å². The highest BCUT2D eigenvalue weighted by Gasteiger charge is 2.25. The van der Waals surface area contributed by atoms with Gasteiger partial charge in [-0.25, -0.2) is 9.97 Å². The van der Waals surface area contributed by atoms with E-state index in [1.807, 2.05) is 47.3 Å². The molecule has 1 atom stereocenters. The summed E-state index contributed by atoms with van der Waals surface area (Å²) in [5, 5.41) is 13.1. The molecule has 1 amide bonds. The summed E-state index contributed by atoms with van der Waals surface area (Å²) in [7, 11) is 0. The van der Waals surface area contributed by atoms with Crippen LogP contribution in [0.15, 0.2) is 102 Å². The van der Waals surface area contributed by atoms with Gasteiger partial charge in [-0.15, -0.1) is 0 Å². The molecule has 4 aromatic heterocycles. The van der Waals surface area contributed by atoms with Crippen LogP contribution in [0.25, 0.3) is 27.9 Å². The Labute approximate surface area is 236 Å². The van der Waals surface area contributed by atoms with E-state index in [0.717, 1.165) is 41.4 Å². The molecular formula is C32H27N7O2. The molecule has 9 nitrogen and oxygen atoms in total. The number of fused-ring (bicyclic) bond motifs is 1. The van der Waals surface area contributed by atoms with Gasteiger partial charge >= 0.3 is 0 Å². The molecule has 202 valence electrons. The van der Waals surface area contributed by atoms with Gasteiger partial charge in [0.1, 0.15) is 11.4 Å². The Morgan fingerprint density at radius 3 is 2.68 bits per heavy atom. The maximum Gasteiger partial charge on any atom is 0.287 e. The number of rotatable bonds is 9. The number of aromatic nitrogens is 5. The summed E-state index contributed by atoms with van der Waals surface area (Å²) < 4.78 is 9.96. The molecule has 6 rings (SSSR count). The van der Waals surface area contributed by atoms with Crippen molar-refractivity contribution in [3.63, 3.8) is 0 Å². The van der Waals surface area contributed by atoms with E-state index in [1.165, 1.54) is 0 Å². The van der Waals surface area contributed by atoms with Crippen LogP contribution in [0.3, 0.4) is 0 Å². The number of carbonyl (C=O) groups excluding carboxylic acids is 1. The van der Waals surface area contributed by atoms with E-state index in [0.29, 0.717) is 23.0 Å². The second-order valence-corrected chi connectivity index (χ2v) is 9.70. The largest absolute Gasteiger partial charge is 0.451 e. The molecule has 0 spiro atoms. The fourth-order valence-corrected chi connectivity index (χ4v) is 4.96. The van der Waals surface area contributed by atoms with Crippen LogP contribution in [-0.4, -0.2) is 30.0 Å². The van der Waals surface area contributed by atoms with Crippen molar-refractivity contribution < 1.29 is 9.21 Å². The van der Waals surface area contributed by atoms with Gasteiger partial charge in [-0.3, -0.25) is 9.78 Å². The number of benzene rings is 2. The lowest BCUT2D eigenvalue weighted by molar-refractivity contribution is 0.0908. The summed E-state index contributed by atoms with van der Waals surface area (Å²) >= 11 is 0. The molecule has 0 radical (unpaired) electrons. The lowest BCUT2D eigenvalue weighted by Crippen LogP contribution is -2.32. The molecule has 9 heteroatoms. The molecule has 2 aromatic carbocycles. The van der Waals surface area contributed by atoms with E-state index < -0.39 is 6.04 Å². The molecule has 0 saturated heterocycles. The first-order valence-corrected chi connectivity index (χ1v) is 13.4. The zero-order valence-electron chi connectivity index (χ0n) is 22.4. The van der Waals surface area contributed by atoms with Crippen molar-refractivity contribution in [2.45, 2.75) is 32.4 Å². The van der Waals surface area contributed by atoms with Crippen LogP contribution in [0.4, 0.5) is 0 Å². The number of hydrogen-bond acceptors (Lipinski definition) is 6. The Balaban J connectivity index is 1.35. The van der Waals surface area contributed by atoms with Crippen molar-refractivity contribution in [3.05, 3.63) is 121 Å². The van der Waals surface area contributed by atoms with Gasteiger partial charge in [-0.1, -0.05) is 25.1 Å². The highest BCUT2D eigenvalue weighted by atomic mass is 16.3. The quantitative estimate of drug-likeness (QED) is 0.245. The zero-order chi connectivity index (χ0) is 28.2. The minimum atomic E-state index is -0.467. The van der Waals surface area contributed by atoms with E-state index in [2.05, 4.69) is 45.0 Å². The zero-order valence-corrected chi connectivity index (χ0v) is 22.4. The predicted molar refractivity (Wildman–Crippen MR) is 154 cm³/mol. The summed E-state index contributed by atoms with van der Waals surface area (Å²) in [5.74, 6) is 0.547. The number of furan rings is 1. The SMILES string of the molecule is CCCn1c(-c2ccc(-n3ccnc3)cc2)cnc1C(Cc1ccccn1)NC(=O)c1cc2cc(C#N)ccc2o1. The standard InChI is InChI=1S/C32H27N7O2/c1-2-14-39-28(23-7-9-26(10-8-23)38-15-13-34-21-38)20-36-31(39)27(18-25-5-3-4-12-35-25)37-32(40)30-17-24-16-22(19-33)6-11-29(24)41-30/h3-13,15-17,20-21,27H,2,14,18H2,1H3,(H,37,40). The number of nitriles is 1. The first-order chi connectivity index (χ1) is 20.1. The number of amides is 1. The van der Waals surface area contributed by atoms with E-state index in [9.17, 15) is 10.1 Å². The smallest absolute Gasteiger partial charge is 0.287 e. The van der Waals surface area contributed by atoms with Crippen LogP contribution in [-0.2, 0) is 13.0 Å². The van der Waals surface area contributed by atoms with E-state index in [4.69, 9.17) is 9.40 Å². The predicted octanol–water partition coefficient (Wildman–Crippen LogP) is 5.87. The Morgan fingerprint density at radius 1 is 1.07 bits per heavy atom. The van der Waals surface area contributed by atoms with Crippen LogP contribution < -0.4 is 5.32 Å². The van der Waals surface area contributed by atoms with Crippen molar-refractivity contribution in [2.24, 2.45) is 0 Å². The highest BCUT2D eigenvalue weighted by Crippen LogP contribution is 2.28. The minimum absolute atomic E-state index is 0.171. The Hall–Kier alpha value is -5.49. The minimum Gasteiger partial charge on any atom is -0.451 e. The molecule has 6 aromatic rings. The van der Waals surface area contributed by atoms with Gasteiger partial charge in [-0.05, 0) is 60.5 Å². The van der Waals surface area contributed by atoms with Gasteiger partial charge in [0.15, 0.2) is 5.76 Å². The number of nitrogens with zero attached hydrogens (tertiary/aromatic N) is 6. The Morgan fingerprint density at radius 2 is 1.95 bits per heavy atom. The van der Waals surface area contributed by atoms with Crippen LogP contribution >= 0.6 is 0 Å². The van der Waals surface area contributed by atoms with Gasteiger partial charge in [0.2, 0.25) is 0 Å². The van der Waals surface area contributed by atoms with Crippen LogP contribution in [0.1, 0.15) is 47.0 Å². The molecule has 1 unspecified atom stereocenters. The van der Waals surface area contributed by atoms with Crippen LogP contribution in [0.2, 0.25) is 0 Å². The lowest BCUT2D eigenvalue weighted by atomic mass is 10.1. The first kappa shape index (κ1) is 25.8. The van der Waals surface area contributed by atoms with E-state index in [-0.39, 0.29) is 11.7 Å². The molecule has 0 saturated carbocycles. The number of pyridine rings is 1. The third-order valence-corrected chi connectivity index (χ3v) is 6.92. The Kier molecular flexibility index (Phi) is 7.11. The van der Waals surface area contributed by atoms with Crippen LogP contribution in [0.5, 0.6) is 0 Å². The molecule has 0 aliphatic carbocycles. The van der Waals surface area contributed by atoms with Gasteiger partial charge in [0.05, 0.1) is 35.9 Å². The summed E-state index contributed by atoms with van der Waals surface area (Å²) in [6, 6.07) is 22.4. The molecule has 4 heterocycles. The van der Waals surface area contributed by atoms with Gasteiger partial charge < -0.3 is 18.9 Å². The molecule has 1 N–H and O–H groups in total. The number of hydrogen-bond donors (Lipinski definition) is 1. The Bertz CT molecular complexity index is 1830. The normalized spacial score (nSPS) is 11.8. The maximum atomic E-state index is 13.5. The van der Waals surface area contributed by atoms with Gasteiger partial charge in [0.25, 0.3) is 5.91 Å². The van der Waals surface area contributed by atoms with Crippen molar-refractivity contribution in [3.8, 4) is 23.0 Å². The first-order valence-electron chi connectivity index (χ1n) is 13.4. The molecular weight excluding hydrogens is 514 g/mol. The second-order valence-electron chi connectivity index (χ2n) is 9.70. The summed E-state index contributed by atoms with van der Waals surface area (Å²) in [5.41, 5.74) is 4.89. The number of imidazole rings is 2. The van der Waals surface area contributed by atoms with Crippen LogP contribution in [0, 0.1) is 11.3 Å². The fraction of sp³-hybridized carbons (Fsp3) is 0.156. The summed E-state index contributed by atoms with van der Waals surface area (Å²) in [4.78, 5) is 27.0. The maximum absolute atomic E-state index is 13.5. The average molecular weight is 542 g/mol. The third kappa shape index (κ3) is 5.36. The second kappa shape index (κ2) is 11.3. The molecule has 0 aliphatic heterocycles. The topological polar surface area (TPSA) is 115 Å². The number of nitrogens with one attached hydrogen (secondary N) is 1. The van der Waals surface area contributed by atoms with E-state index >= 15 is 0 Å². The molecule has 41 heavy (non-hydrogen) atoms.